The lowest BCUT2D eigenvalue weighted by molar-refractivity contribution is 0.0768. The van der Waals surface area contributed by atoms with E-state index in [0.717, 1.165) is 17.3 Å². The van der Waals surface area contributed by atoms with Crippen molar-refractivity contribution in [3.63, 3.8) is 0 Å². The molecule has 0 bridgehead atoms. The highest BCUT2D eigenvalue weighted by Gasteiger charge is 2.32. The number of rotatable bonds is 2. The third-order valence-electron chi connectivity index (χ3n) is 3.04. The Morgan fingerprint density at radius 2 is 2.33 bits per heavy atom. The van der Waals surface area contributed by atoms with Gasteiger partial charge in [-0.3, -0.25) is 4.79 Å². The van der Waals surface area contributed by atoms with Gasteiger partial charge in [0, 0.05) is 16.6 Å². The molecule has 18 heavy (non-hydrogen) atoms. The first-order valence-corrected chi connectivity index (χ1v) is 6.46. The van der Waals surface area contributed by atoms with E-state index in [1.807, 2.05) is 12.1 Å². The summed E-state index contributed by atoms with van der Waals surface area (Å²) in [4.78, 5) is 14.0. The number of nitrogens with zero attached hydrogens (tertiary/aromatic N) is 2. The molecule has 1 atom stereocenters. The lowest BCUT2D eigenvalue weighted by Gasteiger charge is -2.23. The minimum atomic E-state index is -0.304. The van der Waals surface area contributed by atoms with E-state index in [2.05, 4.69) is 21.1 Å². The first-order chi connectivity index (χ1) is 8.63. The molecule has 1 amide bonds. The largest absolute Gasteiger partial charge is 0.409 e. The Hall–Kier alpha value is -1.56. The van der Waals surface area contributed by atoms with Gasteiger partial charge in [0.25, 0.3) is 5.91 Å². The van der Waals surface area contributed by atoms with Gasteiger partial charge in [-0.15, -0.1) is 0 Å². The molecule has 1 aromatic carbocycles. The zero-order valence-electron chi connectivity index (χ0n) is 9.71. The topological polar surface area (TPSA) is 78.9 Å². The number of hydrogen-bond acceptors (Lipinski definition) is 3. The first-order valence-electron chi connectivity index (χ1n) is 5.67. The SMILES string of the molecule is NC(=NO)C1CCCN1C(=O)c1cccc(Br)c1. The maximum absolute atomic E-state index is 12.3. The second-order valence-electron chi connectivity index (χ2n) is 4.19. The number of amides is 1. The van der Waals surface area contributed by atoms with Crippen molar-refractivity contribution in [2.45, 2.75) is 18.9 Å². The van der Waals surface area contributed by atoms with Crippen molar-refractivity contribution in [1.29, 1.82) is 0 Å². The van der Waals surface area contributed by atoms with Crippen LogP contribution in [0.3, 0.4) is 0 Å². The molecule has 2 rings (SSSR count). The summed E-state index contributed by atoms with van der Waals surface area (Å²) >= 11 is 3.34. The third-order valence-corrected chi connectivity index (χ3v) is 3.54. The van der Waals surface area contributed by atoms with Crippen LogP contribution in [0, 0.1) is 0 Å². The highest BCUT2D eigenvalue weighted by atomic mass is 79.9. The van der Waals surface area contributed by atoms with Gasteiger partial charge in [0.15, 0.2) is 5.84 Å². The van der Waals surface area contributed by atoms with Crippen molar-refractivity contribution in [2.75, 3.05) is 6.54 Å². The predicted octanol–water partition coefficient (Wildman–Crippen LogP) is 1.80. The quantitative estimate of drug-likeness (QED) is 0.378. The van der Waals surface area contributed by atoms with Gasteiger partial charge in [0.2, 0.25) is 0 Å². The number of likely N-dealkylation sites (tertiary alicyclic amines) is 1. The van der Waals surface area contributed by atoms with E-state index in [4.69, 9.17) is 10.9 Å². The van der Waals surface area contributed by atoms with E-state index in [0.29, 0.717) is 12.1 Å². The highest BCUT2D eigenvalue weighted by Crippen LogP contribution is 2.21. The van der Waals surface area contributed by atoms with Crippen LogP contribution in [0.25, 0.3) is 0 Å². The van der Waals surface area contributed by atoms with Gasteiger partial charge in [-0.1, -0.05) is 27.2 Å². The lowest BCUT2D eigenvalue weighted by atomic mass is 10.1. The summed E-state index contributed by atoms with van der Waals surface area (Å²) in [6.45, 7) is 0.631. The summed E-state index contributed by atoms with van der Waals surface area (Å²) in [5.41, 5.74) is 6.21. The van der Waals surface area contributed by atoms with Gasteiger partial charge in [-0.25, -0.2) is 0 Å². The minimum absolute atomic E-state index is 0.0922. The van der Waals surface area contributed by atoms with E-state index >= 15 is 0 Å². The maximum Gasteiger partial charge on any atom is 0.254 e. The Labute approximate surface area is 113 Å². The maximum atomic E-state index is 12.3. The highest BCUT2D eigenvalue weighted by molar-refractivity contribution is 9.10. The van der Waals surface area contributed by atoms with Crippen LogP contribution in [0.15, 0.2) is 33.9 Å². The number of benzene rings is 1. The monoisotopic (exact) mass is 311 g/mol. The van der Waals surface area contributed by atoms with Gasteiger partial charge >= 0.3 is 0 Å². The fourth-order valence-electron chi connectivity index (χ4n) is 2.17. The normalized spacial score (nSPS) is 20.2. The zero-order valence-corrected chi connectivity index (χ0v) is 11.3. The molecule has 1 unspecified atom stereocenters. The number of oxime groups is 1. The van der Waals surface area contributed by atoms with Crippen LogP contribution in [-0.2, 0) is 0 Å². The lowest BCUT2D eigenvalue weighted by Crippen LogP contribution is -2.43. The molecule has 1 aromatic rings. The molecule has 1 heterocycles. The van der Waals surface area contributed by atoms with Crippen LogP contribution in [0.4, 0.5) is 0 Å². The van der Waals surface area contributed by atoms with Crippen molar-refractivity contribution in [1.82, 2.24) is 4.90 Å². The van der Waals surface area contributed by atoms with Crippen molar-refractivity contribution < 1.29 is 10.0 Å². The van der Waals surface area contributed by atoms with Gasteiger partial charge in [0.05, 0.1) is 6.04 Å². The summed E-state index contributed by atoms with van der Waals surface area (Å²) in [5.74, 6) is 0.00115. The summed E-state index contributed by atoms with van der Waals surface area (Å²) < 4.78 is 0.855. The van der Waals surface area contributed by atoms with Crippen molar-refractivity contribution in [3.8, 4) is 0 Å². The summed E-state index contributed by atoms with van der Waals surface area (Å²) in [6.07, 6.45) is 1.59. The van der Waals surface area contributed by atoms with E-state index in [1.165, 1.54) is 0 Å². The number of halogens is 1. The molecule has 0 aromatic heterocycles. The molecule has 1 aliphatic rings. The van der Waals surface area contributed by atoms with Crippen LogP contribution in [-0.4, -0.2) is 34.4 Å². The van der Waals surface area contributed by atoms with E-state index in [9.17, 15) is 4.79 Å². The number of carbonyl (C=O) groups excluding carboxylic acids is 1. The number of hydrogen-bond donors (Lipinski definition) is 2. The molecule has 0 spiro atoms. The molecule has 0 aliphatic carbocycles. The molecule has 5 nitrogen and oxygen atoms in total. The second-order valence-corrected chi connectivity index (χ2v) is 5.11. The molecular weight excluding hydrogens is 298 g/mol. The Kier molecular flexibility index (Phi) is 3.86. The van der Waals surface area contributed by atoms with E-state index < -0.39 is 0 Å². The molecule has 1 aliphatic heterocycles. The van der Waals surface area contributed by atoms with Crippen LogP contribution in [0.2, 0.25) is 0 Å². The standard InChI is InChI=1S/C12H14BrN3O2/c13-9-4-1-3-8(7-9)12(17)16-6-2-5-10(16)11(14)15-18/h1,3-4,7,10,18H,2,5-6H2,(H2,14,15). The minimum Gasteiger partial charge on any atom is -0.409 e. The summed E-state index contributed by atoms with van der Waals surface area (Å²) in [7, 11) is 0. The molecule has 0 radical (unpaired) electrons. The summed E-state index contributed by atoms with van der Waals surface area (Å²) in [6, 6.07) is 6.90. The zero-order chi connectivity index (χ0) is 13.1. The fraction of sp³-hybridized carbons (Fsp3) is 0.333. The van der Waals surface area contributed by atoms with Crippen LogP contribution in [0.1, 0.15) is 23.2 Å². The Balaban J connectivity index is 2.23. The van der Waals surface area contributed by atoms with Gasteiger partial charge in [-0.2, -0.15) is 0 Å². The fourth-order valence-corrected chi connectivity index (χ4v) is 2.57. The number of nitrogens with two attached hydrogens (primary N) is 1. The smallest absolute Gasteiger partial charge is 0.254 e. The predicted molar refractivity (Wildman–Crippen MR) is 71.6 cm³/mol. The molecule has 3 N–H and O–H groups in total. The molecule has 1 saturated heterocycles. The Bertz CT molecular complexity index is 490. The summed E-state index contributed by atoms with van der Waals surface area (Å²) in [5, 5.41) is 11.7. The number of amidine groups is 1. The van der Waals surface area contributed by atoms with Crippen molar-refractivity contribution in [2.24, 2.45) is 10.9 Å². The molecular formula is C12H14BrN3O2. The first kappa shape index (κ1) is 12.9. The van der Waals surface area contributed by atoms with Crippen LogP contribution in [0.5, 0.6) is 0 Å². The van der Waals surface area contributed by atoms with Crippen LogP contribution < -0.4 is 5.73 Å². The van der Waals surface area contributed by atoms with E-state index in [-0.39, 0.29) is 17.8 Å². The van der Waals surface area contributed by atoms with Crippen LogP contribution >= 0.6 is 15.9 Å². The van der Waals surface area contributed by atoms with Crippen molar-refractivity contribution in [3.05, 3.63) is 34.3 Å². The molecule has 1 fully saturated rings. The van der Waals surface area contributed by atoms with Gasteiger partial charge < -0.3 is 15.8 Å². The average molecular weight is 312 g/mol. The molecule has 0 saturated carbocycles. The van der Waals surface area contributed by atoms with Crippen molar-refractivity contribution >= 4 is 27.7 Å². The van der Waals surface area contributed by atoms with E-state index in [1.54, 1.807) is 17.0 Å². The van der Waals surface area contributed by atoms with Gasteiger partial charge in [-0.05, 0) is 31.0 Å². The van der Waals surface area contributed by atoms with Gasteiger partial charge in [0.1, 0.15) is 0 Å². The Morgan fingerprint density at radius 1 is 1.56 bits per heavy atom. The molecule has 96 valence electrons. The number of carbonyl (C=O) groups is 1. The third kappa shape index (κ3) is 2.48. The average Bonchev–Trinajstić information content (AvgIpc) is 2.86. The second kappa shape index (κ2) is 5.39. The molecule has 6 heteroatoms. The Morgan fingerprint density at radius 3 is 3.00 bits per heavy atom.